The number of hydrazine groups is 1. The number of thiazole rings is 1. The van der Waals surface area contributed by atoms with Gasteiger partial charge in [-0.15, -0.1) is 22.7 Å². The van der Waals surface area contributed by atoms with E-state index in [-0.39, 0.29) is 5.91 Å². The minimum atomic E-state index is -0.239. The van der Waals surface area contributed by atoms with E-state index in [2.05, 4.69) is 22.4 Å². The first-order chi connectivity index (χ1) is 9.10. The summed E-state index contributed by atoms with van der Waals surface area (Å²) in [5.74, 6) is 4.87. The zero-order valence-corrected chi connectivity index (χ0v) is 12.5. The maximum absolute atomic E-state index is 11.4. The molecule has 0 aliphatic heterocycles. The molecule has 0 saturated carbocycles. The van der Waals surface area contributed by atoms with Crippen molar-refractivity contribution in [1.82, 2.24) is 15.3 Å². The minimum absolute atomic E-state index is 0.239. The molecule has 1 amide bonds. The minimum Gasteiger partial charge on any atom is -0.296 e. The number of carbonyl (C=O) groups is 1. The van der Waals surface area contributed by atoms with Gasteiger partial charge in [-0.25, -0.2) is 10.8 Å². The molecule has 0 bridgehead atoms. The van der Waals surface area contributed by atoms with Crippen molar-refractivity contribution in [3.63, 3.8) is 0 Å². The SMILES string of the molecule is Cc1ncsc1CN(C)Cc1ccc(C(=O)NN)s1. The molecule has 0 fully saturated rings. The Morgan fingerprint density at radius 3 is 2.89 bits per heavy atom. The highest BCUT2D eigenvalue weighted by atomic mass is 32.1. The van der Waals surface area contributed by atoms with Crippen LogP contribution >= 0.6 is 22.7 Å². The highest BCUT2D eigenvalue weighted by Gasteiger charge is 2.10. The van der Waals surface area contributed by atoms with Crippen LogP contribution in [0, 0.1) is 6.92 Å². The van der Waals surface area contributed by atoms with Crippen LogP contribution in [0.2, 0.25) is 0 Å². The van der Waals surface area contributed by atoms with Crippen LogP contribution in [0.15, 0.2) is 17.6 Å². The Kier molecular flexibility index (Phi) is 4.65. The van der Waals surface area contributed by atoms with E-state index in [1.54, 1.807) is 17.4 Å². The fourth-order valence-corrected chi connectivity index (χ4v) is 3.55. The number of hydrogen-bond acceptors (Lipinski definition) is 6. The van der Waals surface area contributed by atoms with Gasteiger partial charge in [0.1, 0.15) is 0 Å². The molecule has 3 N–H and O–H groups in total. The van der Waals surface area contributed by atoms with Gasteiger partial charge in [-0.1, -0.05) is 0 Å². The number of amides is 1. The summed E-state index contributed by atoms with van der Waals surface area (Å²) in [5, 5.41) is 0. The molecule has 0 aliphatic rings. The van der Waals surface area contributed by atoms with Crippen molar-refractivity contribution in [2.75, 3.05) is 7.05 Å². The molecule has 19 heavy (non-hydrogen) atoms. The molecule has 2 aromatic rings. The molecular formula is C12H16N4OS2. The van der Waals surface area contributed by atoms with Crippen molar-refractivity contribution in [1.29, 1.82) is 0 Å². The summed E-state index contributed by atoms with van der Waals surface area (Å²) < 4.78 is 0. The number of nitrogens with one attached hydrogen (secondary N) is 1. The maximum Gasteiger partial charge on any atom is 0.275 e. The average molecular weight is 296 g/mol. The van der Waals surface area contributed by atoms with Crippen LogP contribution in [0.1, 0.15) is 25.1 Å². The summed E-state index contributed by atoms with van der Waals surface area (Å²) in [6, 6.07) is 3.76. The van der Waals surface area contributed by atoms with E-state index >= 15 is 0 Å². The standard InChI is InChI=1S/C12H16N4OS2/c1-8-11(18-7-14-8)6-16(2)5-9-3-4-10(19-9)12(17)15-13/h3-4,7H,5-6,13H2,1-2H3,(H,15,17). The molecule has 2 heterocycles. The van der Waals surface area contributed by atoms with Crippen LogP contribution in [0.3, 0.4) is 0 Å². The van der Waals surface area contributed by atoms with E-state index in [4.69, 9.17) is 5.84 Å². The van der Waals surface area contributed by atoms with Crippen LogP contribution in [-0.4, -0.2) is 22.8 Å². The molecule has 2 rings (SSSR count). The average Bonchev–Trinajstić information content (AvgIpc) is 2.99. The second-order valence-electron chi connectivity index (χ2n) is 4.27. The Morgan fingerprint density at radius 1 is 1.47 bits per heavy atom. The summed E-state index contributed by atoms with van der Waals surface area (Å²) >= 11 is 3.14. The molecule has 0 aromatic carbocycles. The lowest BCUT2D eigenvalue weighted by Crippen LogP contribution is -2.29. The topological polar surface area (TPSA) is 71.2 Å². The molecule has 5 nitrogen and oxygen atoms in total. The van der Waals surface area contributed by atoms with Crippen LogP contribution in [-0.2, 0) is 13.1 Å². The molecule has 102 valence electrons. The van der Waals surface area contributed by atoms with Crippen LogP contribution < -0.4 is 11.3 Å². The first kappa shape index (κ1) is 14.1. The second kappa shape index (κ2) is 6.25. The summed E-state index contributed by atoms with van der Waals surface area (Å²) in [5.41, 5.74) is 5.10. The zero-order chi connectivity index (χ0) is 13.8. The van der Waals surface area contributed by atoms with Gasteiger partial charge >= 0.3 is 0 Å². The molecule has 0 aliphatic carbocycles. The van der Waals surface area contributed by atoms with Gasteiger partial charge in [0, 0.05) is 22.8 Å². The van der Waals surface area contributed by atoms with Crippen molar-refractivity contribution in [2.45, 2.75) is 20.0 Å². The molecule has 7 heteroatoms. The number of rotatable bonds is 5. The zero-order valence-electron chi connectivity index (χ0n) is 10.8. The van der Waals surface area contributed by atoms with Gasteiger partial charge in [0.05, 0.1) is 16.1 Å². The number of thiophene rings is 1. The van der Waals surface area contributed by atoms with Crippen molar-refractivity contribution >= 4 is 28.6 Å². The molecule has 0 atom stereocenters. The smallest absolute Gasteiger partial charge is 0.275 e. The number of carbonyl (C=O) groups excluding carboxylic acids is 1. The summed E-state index contributed by atoms with van der Waals surface area (Å²) in [4.78, 5) is 20.9. The second-order valence-corrected chi connectivity index (χ2v) is 6.38. The molecular weight excluding hydrogens is 280 g/mol. The number of nitrogens with zero attached hydrogens (tertiary/aromatic N) is 2. The third-order valence-electron chi connectivity index (χ3n) is 2.70. The number of hydrogen-bond donors (Lipinski definition) is 2. The van der Waals surface area contributed by atoms with Gasteiger partial charge in [-0.3, -0.25) is 15.1 Å². The fourth-order valence-electron chi connectivity index (χ4n) is 1.70. The van der Waals surface area contributed by atoms with E-state index in [0.29, 0.717) is 4.88 Å². The highest BCUT2D eigenvalue weighted by molar-refractivity contribution is 7.14. The first-order valence-electron chi connectivity index (χ1n) is 5.77. The number of nitrogens with two attached hydrogens (primary N) is 1. The van der Waals surface area contributed by atoms with Crippen molar-refractivity contribution < 1.29 is 4.79 Å². The third-order valence-corrected chi connectivity index (χ3v) is 4.69. The molecule has 0 radical (unpaired) electrons. The van der Waals surface area contributed by atoms with Crippen molar-refractivity contribution in [2.24, 2.45) is 5.84 Å². The van der Waals surface area contributed by atoms with Gasteiger partial charge < -0.3 is 0 Å². The lowest BCUT2D eigenvalue weighted by atomic mass is 10.3. The quantitative estimate of drug-likeness (QED) is 0.501. The van der Waals surface area contributed by atoms with Gasteiger partial charge in [-0.2, -0.15) is 0 Å². The number of nitrogen functional groups attached to an aromatic ring is 1. The van der Waals surface area contributed by atoms with Gasteiger partial charge in [-0.05, 0) is 26.1 Å². The highest BCUT2D eigenvalue weighted by Crippen LogP contribution is 2.20. The Balaban J connectivity index is 1.95. The fraction of sp³-hybridized carbons (Fsp3) is 0.333. The van der Waals surface area contributed by atoms with E-state index < -0.39 is 0 Å². The Hall–Kier alpha value is -1.28. The Morgan fingerprint density at radius 2 is 2.26 bits per heavy atom. The first-order valence-corrected chi connectivity index (χ1v) is 7.47. The van der Waals surface area contributed by atoms with E-state index in [0.717, 1.165) is 23.7 Å². The maximum atomic E-state index is 11.4. The van der Waals surface area contributed by atoms with Crippen LogP contribution in [0.5, 0.6) is 0 Å². The molecule has 0 saturated heterocycles. The Bertz CT molecular complexity index is 564. The van der Waals surface area contributed by atoms with Gasteiger partial charge in [0.2, 0.25) is 0 Å². The predicted octanol–water partition coefficient (Wildman–Crippen LogP) is 1.75. The molecule has 2 aromatic heterocycles. The third kappa shape index (κ3) is 3.60. The van der Waals surface area contributed by atoms with Gasteiger partial charge in [0.25, 0.3) is 5.91 Å². The van der Waals surface area contributed by atoms with E-state index in [9.17, 15) is 4.79 Å². The largest absolute Gasteiger partial charge is 0.296 e. The predicted molar refractivity (Wildman–Crippen MR) is 78.0 cm³/mol. The van der Waals surface area contributed by atoms with E-state index in [1.807, 2.05) is 18.5 Å². The van der Waals surface area contributed by atoms with Crippen molar-refractivity contribution in [3.8, 4) is 0 Å². The van der Waals surface area contributed by atoms with Crippen LogP contribution in [0.25, 0.3) is 0 Å². The normalized spacial score (nSPS) is 10.9. The molecule has 0 unspecified atom stereocenters. The van der Waals surface area contributed by atoms with E-state index in [1.165, 1.54) is 16.2 Å². The van der Waals surface area contributed by atoms with Crippen LogP contribution in [0.4, 0.5) is 0 Å². The number of aryl methyl sites for hydroxylation is 1. The monoisotopic (exact) mass is 296 g/mol. The molecule has 0 spiro atoms. The lowest BCUT2D eigenvalue weighted by Gasteiger charge is -2.14. The summed E-state index contributed by atoms with van der Waals surface area (Å²) in [6.07, 6.45) is 0. The number of aromatic nitrogens is 1. The lowest BCUT2D eigenvalue weighted by molar-refractivity contribution is 0.0957. The Labute approximate surface area is 120 Å². The summed E-state index contributed by atoms with van der Waals surface area (Å²) in [6.45, 7) is 3.70. The summed E-state index contributed by atoms with van der Waals surface area (Å²) in [7, 11) is 2.06. The van der Waals surface area contributed by atoms with Crippen molar-refractivity contribution in [3.05, 3.63) is 38.0 Å². The van der Waals surface area contributed by atoms with Gasteiger partial charge in [0.15, 0.2) is 0 Å².